The largest absolute Gasteiger partial charge is 0.488 e. The fourth-order valence-corrected chi connectivity index (χ4v) is 2.13. The van der Waals surface area contributed by atoms with Gasteiger partial charge in [0, 0.05) is 4.47 Å². The Labute approximate surface area is 133 Å². The highest BCUT2D eigenvalue weighted by molar-refractivity contribution is 9.10. The van der Waals surface area contributed by atoms with E-state index in [1.165, 1.54) is 18.2 Å². The molecule has 22 heavy (non-hydrogen) atoms. The Morgan fingerprint density at radius 1 is 1.14 bits per heavy atom. The molecule has 2 rings (SSSR count). The molecule has 0 aliphatic rings. The maximum Gasteiger partial charge on any atom is 0.416 e. The molecule has 0 atom stereocenters. The van der Waals surface area contributed by atoms with Crippen molar-refractivity contribution in [1.29, 1.82) is 0 Å². The minimum absolute atomic E-state index is 0.0278. The fourth-order valence-electron chi connectivity index (χ4n) is 1.77. The third kappa shape index (κ3) is 4.00. The molecule has 7 heteroatoms. The van der Waals surface area contributed by atoms with Crippen molar-refractivity contribution >= 4 is 21.8 Å². The molecular weight excluding hydrogens is 363 g/mol. The number of benzene rings is 2. The molecule has 0 unspecified atom stereocenters. The summed E-state index contributed by atoms with van der Waals surface area (Å²) in [5.74, 6) is -0.376. The first kappa shape index (κ1) is 16.4. The van der Waals surface area contributed by atoms with Crippen molar-refractivity contribution in [1.82, 2.24) is 0 Å². The van der Waals surface area contributed by atoms with E-state index >= 15 is 0 Å². The number of alkyl halides is 3. The molecule has 0 aromatic heterocycles. The maximum absolute atomic E-state index is 12.5. The smallest absolute Gasteiger partial charge is 0.416 e. The van der Waals surface area contributed by atoms with Gasteiger partial charge in [0.2, 0.25) is 0 Å². The Balaban J connectivity index is 2.12. The van der Waals surface area contributed by atoms with Crippen molar-refractivity contribution in [3.63, 3.8) is 0 Å². The van der Waals surface area contributed by atoms with Crippen LogP contribution < -0.4 is 10.5 Å². The summed E-state index contributed by atoms with van der Waals surface area (Å²) in [4.78, 5) is 11.3. The first-order chi connectivity index (χ1) is 10.3. The zero-order chi connectivity index (χ0) is 16.3. The molecule has 3 nitrogen and oxygen atoms in total. The number of ether oxygens (including phenoxy) is 1. The molecule has 0 saturated carbocycles. The Kier molecular flexibility index (Phi) is 4.75. The molecule has 0 aliphatic heterocycles. The summed E-state index contributed by atoms with van der Waals surface area (Å²) in [6, 6.07) is 9.37. The molecule has 116 valence electrons. The van der Waals surface area contributed by atoms with E-state index in [-0.39, 0.29) is 17.9 Å². The van der Waals surface area contributed by atoms with E-state index in [0.717, 1.165) is 12.1 Å². The van der Waals surface area contributed by atoms with Gasteiger partial charge in [0.1, 0.15) is 12.4 Å². The number of hydrogen-bond donors (Lipinski definition) is 1. The minimum atomic E-state index is -4.37. The minimum Gasteiger partial charge on any atom is -0.488 e. The zero-order valence-electron chi connectivity index (χ0n) is 11.2. The highest BCUT2D eigenvalue weighted by Gasteiger charge is 2.29. The summed E-state index contributed by atoms with van der Waals surface area (Å²) >= 11 is 3.22. The van der Waals surface area contributed by atoms with E-state index in [1.54, 1.807) is 12.1 Å². The summed E-state index contributed by atoms with van der Waals surface area (Å²) < 4.78 is 43.5. The van der Waals surface area contributed by atoms with Gasteiger partial charge < -0.3 is 10.5 Å². The molecule has 0 aliphatic carbocycles. The van der Waals surface area contributed by atoms with Gasteiger partial charge in [-0.05, 0) is 35.9 Å². The van der Waals surface area contributed by atoms with Crippen LogP contribution in [0.25, 0.3) is 0 Å². The SMILES string of the molecule is NC(=O)c1cc(Br)ccc1OCc1ccc(C(F)(F)F)cc1. The van der Waals surface area contributed by atoms with Crippen LogP contribution in [0.1, 0.15) is 21.5 Å². The van der Waals surface area contributed by atoms with E-state index in [9.17, 15) is 18.0 Å². The van der Waals surface area contributed by atoms with Gasteiger partial charge in [-0.2, -0.15) is 13.2 Å². The maximum atomic E-state index is 12.5. The van der Waals surface area contributed by atoms with Gasteiger partial charge in [-0.25, -0.2) is 0 Å². The molecular formula is C15H11BrF3NO2. The molecule has 0 bridgehead atoms. The number of amides is 1. The quantitative estimate of drug-likeness (QED) is 0.875. The molecule has 0 heterocycles. The topological polar surface area (TPSA) is 52.3 Å². The Hall–Kier alpha value is -2.02. The van der Waals surface area contributed by atoms with E-state index in [1.807, 2.05) is 0 Å². The lowest BCUT2D eigenvalue weighted by Gasteiger charge is -2.11. The van der Waals surface area contributed by atoms with Crippen LogP contribution in [-0.4, -0.2) is 5.91 Å². The summed E-state index contributed by atoms with van der Waals surface area (Å²) in [6.45, 7) is 0.0278. The van der Waals surface area contributed by atoms with Crippen LogP contribution in [0.5, 0.6) is 5.75 Å². The second-order valence-electron chi connectivity index (χ2n) is 4.49. The second-order valence-corrected chi connectivity index (χ2v) is 5.40. The van der Waals surface area contributed by atoms with Crippen LogP contribution >= 0.6 is 15.9 Å². The third-order valence-electron chi connectivity index (χ3n) is 2.88. The Bertz CT molecular complexity index is 684. The van der Waals surface area contributed by atoms with Crippen LogP contribution in [0.15, 0.2) is 46.9 Å². The number of rotatable bonds is 4. The predicted octanol–water partition coefficient (Wildman–Crippen LogP) is 4.15. The van der Waals surface area contributed by atoms with Crippen LogP contribution in [0, 0.1) is 0 Å². The van der Waals surface area contributed by atoms with Gasteiger partial charge in [0.25, 0.3) is 5.91 Å². The molecule has 2 aromatic rings. The lowest BCUT2D eigenvalue weighted by Crippen LogP contribution is -2.13. The molecule has 2 aromatic carbocycles. The first-order valence-electron chi connectivity index (χ1n) is 6.15. The summed E-state index contributed by atoms with van der Waals surface area (Å²) in [6.07, 6.45) is -4.37. The predicted molar refractivity (Wildman–Crippen MR) is 78.4 cm³/mol. The third-order valence-corrected chi connectivity index (χ3v) is 3.38. The molecule has 0 fully saturated rings. The van der Waals surface area contributed by atoms with Gasteiger partial charge in [-0.1, -0.05) is 28.1 Å². The van der Waals surface area contributed by atoms with Crippen LogP contribution in [0.4, 0.5) is 13.2 Å². The van der Waals surface area contributed by atoms with Crippen molar-refractivity contribution in [3.8, 4) is 5.75 Å². The van der Waals surface area contributed by atoms with Crippen molar-refractivity contribution in [2.45, 2.75) is 12.8 Å². The van der Waals surface area contributed by atoms with E-state index in [0.29, 0.717) is 10.0 Å². The molecule has 0 saturated heterocycles. The molecule has 1 amide bonds. The Morgan fingerprint density at radius 2 is 1.77 bits per heavy atom. The van der Waals surface area contributed by atoms with Crippen LogP contribution in [-0.2, 0) is 12.8 Å². The van der Waals surface area contributed by atoms with E-state index in [2.05, 4.69) is 15.9 Å². The van der Waals surface area contributed by atoms with Gasteiger partial charge in [-0.3, -0.25) is 4.79 Å². The van der Waals surface area contributed by atoms with Crippen LogP contribution in [0.3, 0.4) is 0 Å². The van der Waals surface area contributed by atoms with Crippen molar-refractivity contribution in [2.75, 3.05) is 0 Å². The summed E-state index contributed by atoms with van der Waals surface area (Å²) in [7, 11) is 0. The standard InChI is InChI=1S/C15H11BrF3NO2/c16-11-5-6-13(12(7-11)14(20)21)22-8-9-1-3-10(4-2-9)15(17,18)19/h1-7H,8H2,(H2,20,21). The summed E-state index contributed by atoms with van der Waals surface area (Å²) in [5.41, 5.74) is 5.27. The lowest BCUT2D eigenvalue weighted by molar-refractivity contribution is -0.137. The van der Waals surface area contributed by atoms with E-state index < -0.39 is 17.6 Å². The molecule has 0 radical (unpaired) electrons. The monoisotopic (exact) mass is 373 g/mol. The van der Waals surface area contributed by atoms with Crippen molar-refractivity contribution < 1.29 is 22.7 Å². The normalized spacial score (nSPS) is 11.3. The lowest BCUT2D eigenvalue weighted by atomic mass is 10.1. The zero-order valence-corrected chi connectivity index (χ0v) is 12.7. The second kappa shape index (κ2) is 6.39. The number of nitrogens with two attached hydrogens (primary N) is 1. The van der Waals surface area contributed by atoms with Crippen molar-refractivity contribution in [3.05, 3.63) is 63.6 Å². The van der Waals surface area contributed by atoms with Crippen LogP contribution in [0.2, 0.25) is 0 Å². The summed E-state index contributed by atoms with van der Waals surface area (Å²) in [5, 5.41) is 0. The number of carbonyl (C=O) groups excluding carboxylic acids is 1. The average Bonchev–Trinajstić information content (AvgIpc) is 2.45. The molecule has 0 spiro atoms. The van der Waals surface area contributed by atoms with Crippen molar-refractivity contribution in [2.24, 2.45) is 5.73 Å². The van der Waals surface area contributed by atoms with Gasteiger partial charge in [0.05, 0.1) is 11.1 Å². The number of hydrogen-bond acceptors (Lipinski definition) is 2. The average molecular weight is 374 g/mol. The fraction of sp³-hybridized carbons (Fsp3) is 0.133. The first-order valence-corrected chi connectivity index (χ1v) is 6.95. The highest BCUT2D eigenvalue weighted by atomic mass is 79.9. The Morgan fingerprint density at radius 3 is 2.32 bits per heavy atom. The number of halogens is 4. The number of carbonyl (C=O) groups is 1. The van der Waals surface area contributed by atoms with Gasteiger partial charge in [0.15, 0.2) is 0 Å². The highest BCUT2D eigenvalue weighted by Crippen LogP contribution is 2.29. The molecule has 2 N–H and O–H groups in total. The van der Waals surface area contributed by atoms with E-state index in [4.69, 9.17) is 10.5 Å². The number of primary amides is 1. The van der Waals surface area contributed by atoms with Gasteiger partial charge in [-0.15, -0.1) is 0 Å². The van der Waals surface area contributed by atoms with Gasteiger partial charge >= 0.3 is 6.18 Å².